The minimum atomic E-state index is -3.92. The third-order valence-corrected chi connectivity index (χ3v) is 6.10. The Labute approximate surface area is 138 Å². The van der Waals surface area contributed by atoms with Crippen LogP contribution in [0.5, 0.6) is 0 Å². The molecular formula is C12H9FINO4S2. The van der Waals surface area contributed by atoms with E-state index in [4.69, 9.17) is 5.11 Å². The summed E-state index contributed by atoms with van der Waals surface area (Å²) >= 11 is 2.70. The summed E-state index contributed by atoms with van der Waals surface area (Å²) < 4.78 is 40.4. The van der Waals surface area contributed by atoms with Gasteiger partial charge in [0.1, 0.15) is 15.6 Å². The highest BCUT2D eigenvalue weighted by Crippen LogP contribution is 2.29. The van der Waals surface area contributed by atoms with Gasteiger partial charge in [-0.05, 0) is 53.8 Å². The average Bonchev–Trinajstić information content (AvgIpc) is 2.76. The van der Waals surface area contributed by atoms with Crippen molar-refractivity contribution >= 4 is 55.6 Å². The molecule has 2 rings (SSSR count). The highest BCUT2D eigenvalue weighted by atomic mass is 127. The van der Waals surface area contributed by atoms with E-state index in [1.807, 2.05) is 22.6 Å². The van der Waals surface area contributed by atoms with Crippen LogP contribution in [-0.2, 0) is 10.0 Å². The van der Waals surface area contributed by atoms with E-state index in [1.54, 1.807) is 0 Å². The van der Waals surface area contributed by atoms with Crippen LogP contribution in [0, 0.1) is 16.3 Å². The molecule has 0 unspecified atom stereocenters. The van der Waals surface area contributed by atoms with Crippen LogP contribution in [0.2, 0.25) is 0 Å². The monoisotopic (exact) mass is 441 g/mol. The fourth-order valence-corrected chi connectivity index (χ4v) is 4.92. The van der Waals surface area contributed by atoms with Gasteiger partial charge in [-0.2, -0.15) is 0 Å². The smallest absolute Gasteiger partial charge is 0.345 e. The fourth-order valence-electron chi connectivity index (χ4n) is 1.61. The van der Waals surface area contributed by atoms with Crippen LogP contribution >= 0.6 is 33.9 Å². The zero-order valence-corrected chi connectivity index (χ0v) is 14.3. The molecule has 0 atom stereocenters. The average molecular weight is 441 g/mol. The summed E-state index contributed by atoms with van der Waals surface area (Å²) in [6.07, 6.45) is 0. The number of carbonyl (C=O) groups is 1. The van der Waals surface area contributed by atoms with Crippen LogP contribution in [0.1, 0.15) is 14.5 Å². The number of anilines is 1. The fraction of sp³-hybridized carbons (Fsp3) is 0.0833. The summed E-state index contributed by atoms with van der Waals surface area (Å²) in [7, 11) is -3.92. The maximum absolute atomic E-state index is 13.0. The second kappa shape index (κ2) is 5.89. The Morgan fingerprint density at radius 1 is 1.38 bits per heavy atom. The molecule has 21 heavy (non-hydrogen) atoms. The lowest BCUT2D eigenvalue weighted by molar-refractivity contribution is 0.0702. The highest BCUT2D eigenvalue weighted by Gasteiger charge is 2.23. The summed E-state index contributed by atoms with van der Waals surface area (Å²) in [6, 6.07) is 4.76. The zero-order chi connectivity index (χ0) is 15.8. The number of carboxylic acids is 1. The van der Waals surface area contributed by atoms with E-state index >= 15 is 0 Å². The molecule has 2 aromatic rings. The lowest BCUT2D eigenvalue weighted by Gasteiger charge is -2.09. The van der Waals surface area contributed by atoms with Gasteiger partial charge in [0.15, 0.2) is 0 Å². The summed E-state index contributed by atoms with van der Waals surface area (Å²) in [5.41, 5.74) is 0.236. The van der Waals surface area contributed by atoms with Crippen molar-refractivity contribution in [1.82, 2.24) is 0 Å². The van der Waals surface area contributed by atoms with Gasteiger partial charge in [-0.3, -0.25) is 4.72 Å². The molecule has 0 saturated carbocycles. The first kappa shape index (κ1) is 16.2. The SMILES string of the molecule is Cc1sc(C(=O)O)cc1S(=O)(=O)Nc1ccc(F)cc1I. The topological polar surface area (TPSA) is 83.5 Å². The molecule has 0 radical (unpaired) electrons. The van der Waals surface area contributed by atoms with Crippen molar-refractivity contribution in [3.63, 3.8) is 0 Å². The van der Waals surface area contributed by atoms with E-state index < -0.39 is 21.8 Å². The number of aromatic carboxylic acids is 1. The summed E-state index contributed by atoms with van der Waals surface area (Å²) in [5, 5.41) is 8.91. The molecule has 9 heteroatoms. The van der Waals surface area contributed by atoms with Crippen LogP contribution in [-0.4, -0.2) is 19.5 Å². The first-order valence-electron chi connectivity index (χ1n) is 5.52. The summed E-state index contributed by atoms with van der Waals surface area (Å²) in [5.74, 6) is -1.65. The molecule has 0 aliphatic carbocycles. The first-order chi connectivity index (χ1) is 9.70. The molecule has 1 aromatic carbocycles. The Hall–Kier alpha value is -1.20. The highest BCUT2D eigenvalue weighted by molar-refractivity contribution is 14.1. The maximum atomic E-state index is 13.0. The number of sulfonamides is 1. The van der Waals surface area contributed by atoms with E-state index in [-0.39, 0.29) is 15.5 Å². The number of rotatable bonds is 4. The number of benzene rings is 1. The van der Waals surface area contributed by atoms with Gasteiger partial charge in [-0.15, -0.1) is 11.3 Å². The van der Waals surface area contributed by atoms with Gasteiger partial charge in [0, 0.05) is 8.45 Å². The summed E-state index contributed by atoms with van der Waals surface area (Å²) in [4.78, 5) is 11.1. The lowest BCUT2D eigenvalue weighted by Crippen LogP contribution is -2.14. The Bertz CT molecular complexity index is 817. The van der Waals surface area contributed by atoms with Crippen molar-refractivity contribution in [3.05, 3.63) is 43.4 Å². The lowest BCUT2D eigenvalue weighted by atomic mass is 10.3. The van der Waals surface area contributed by atoms with Gasteiger partial charge in [-0.25, -0.2) is 17.6 Å². The van der Waals surface area contributed by atoms with Crippen molar-refractivity contribution < 1.29 is 22.7 Å². The van der Waals surface area contributed by atoms with Gasteiger partial charge in [0.25, 0.3) is 10.0 Å². The molecular weight excluding hydrogens is 432 g/mol. The second-order valence-corrected chi connectivity index (χ2v) is 8.14. The number of aryl methyl sites for hydroxylation is 1. The van der Waals surface area contributed by atoms with Crippen LogP contribution in [0.3, 0.4) is 0 Å². The molecule has 5 nitrogen and oxygen atoms in total. The van der Waals surface area contributed by atoms with Crippen LogP contribution in [0.4, 0.5) is 10.1 Å². The molecule has 0 saturated heterocycles. The van der Waals surface area contributed by atoms with Gasteiger partial charge in [0.05, 0.1) is 5.69 Å². The normalized spacial score (nSPS) is 11.4. The Balaban J connectivity index is 2.41. The van der Waals surface area contributed by atoms with E-state index in [1.165, 1.54) is 19.1 Å². The molecule has 0 bridgehead atoms. The third-order valence-electron chi connectivity index (χ3n) is 2.55. The Morgan fingerprint density at radius 2 is 2.05 bits per heavy atom. The summed E-state index contributed by atoms with van der Waals surface area (Å²) in [6.45, 7) is 1.53. The van der Waals surface area contributed by atoms with Gasteiger partial charge < -0.3 is 5.11 Å². The molecule has 0 amide bonds. The molecule has 0 aliphatic rings. The molecule has 0 fully saturated rings. The maximum Gasteiger partial charge on any atom is 0.345 e. The molecule has 1 heterocycles. The van der Waals surface area contributed by atoms with Crippen molar-refractivity contribution in [1.29, 1.82) is 0 Å². The molecule has 1 aromatic heterocycles. The standard InChI is InChI=1S/C12H9FINO4S2/c1-6-11(5-10(20-6)12(16)17)21(18,19)15-9-3-2-7(13)4-8(9)14/h2-5,15H,1H3,(H,16,17). The van der Waals surface area contributed by atoms with Crippen molar-refractivity contribution in [2.75, 3.05) is 4.72 Å². The molecule has 0 aliphatic heterocycles. The van der Waals surface area contributed by atoms with Gasteiger partial charge in [0.2, 0.25) is 0 Å². The molecule has 2 N–H and O–H groups in total. The number of hydrogen-bond donors (Lipinski definition) is 2. The van der Waals surface area contributed by atoms with E-state index in [9.17, 15) is 17.6 Å². The third kappa shape index (κ3) is 3.52. The van der Waals surface area contributed by atoms with Crippen LogP contribution < -0.4 is 4.72 Å². The van der Waals surface area contributed by atoms with Crippen molar-refractivity contribution in [2.45, 2.75) is 11.8 Å². The molecule has 112 valence electrons. The Kier molecular flexibility index (Phi) is 4.54. The van der Waals surface area contributed by atoms with E-state index in [2.05, 4.69) is 4.72 Å². The number of carboxylic acid groups (broad SMARTS) is 1. The van der Waals surface area contributed by atoms with Gasteiger partial charge >= 0.3 is 5.97 Å². The van der Waals surface area contributed by atoms with Crippen molar-refractivity contribution in [2.24, 2.45) is 0 Å². The zero-order valence-electron chi connectivity index (χ0n) is 10.6. The predicted octanol–water partition coefficient (Wildman–Crippen LogP) is 3.30. The number of hydrogen-bond acceptors (Lipinski definition) is 4. The van der Waals surface area contributed by atoms with E-state index in [0.717, 1.165) is 23.5 Å². The van der Waals surface area contributed by atoms with E-state index in [0.29, 0.717) is 8.45 Å². The molecule has 0 spiro atoms. The van der Waals surface area contributed by atoms with Gasteiger partial charge in [-0.1, -0.05) is 0 Å². The minimum absolute atomic E-state index is 0.0540. The largest absolute Gasteiger partial charge is 0.477 e. The number of nitrogens with one attached hydrogen (secondary N) is 1. The number of halogens is 2. The number of thiophene rings is 1. The Morgan fingerprint density at radius 3 is 2.57 bits per heavy atom. The second-order valence-electron chi connectivity index (χ2n) is 4.07. The van der Waals surface area contributed by atoms with Crippen LogP contribution in [0.15, 0.2) is 29.2 Å². The minimum Gasteiger partial charge on any atom is -0.477 e. The quantitative estimate of drug-likeness (QED) is 0.714. The van der Waals surface area contributed by atoms with Crippen molar-refractivity contribution in [3.8, 4) is 0 Å². The first-order valence-corrected chi connectivity index (χ1v) is 8.90. The predicted molar refractivity (Wildman–Crippen MR) is 85.9 cm³/mol. The van der Waals surface area contributed by atoms with Crippen LogP contribution in [0.25, 0.3) is 0 Å².